The Balaban J connectivity index is 2.17. The predicted molar refractivity (Wildman–Crippen MR) is 67.4 cm³/mol. The van der Waals surface area contributed by atoms with E-state index in [0.29, 0.717) is 11.8 Å². The van der Waals surface area contributed by atoms with Crippen molar-refractivity contribution in [2.45, 2.75) is 13.3 Å². The highest BCUT2D eigenvalue weighted by molar-refractivity contribution is 9.09. The van der Waals surface area contributed by atoms with E-state index in [1.807, 2.05) is 13.0 Å². The molecule has 0 aliphatic carbocycles. The molecule has 4 nitrogen and oxygen atoms in total. The van der Waals surface area contributed by atoms with Gasteiger partial charge >= 0.3 is 0 Å². The first-order valence-electron chi connectivity index (χ1n) is 5.43. The maximum absolute atomic E-state index is 5.16. The van der Waals surface area contributed by atoms with Crippen LogP contribution in [0.4, 0.5) is 5.95 Å². The fourth-order valence-electron chi connectivity index (χ4n) is 1.91. The van der Waals surface area contributed by atoms with E-state index in [2.05, 4.69) is 30.8 Å². The molecule has 0 aromatic carbocycles. The van der Waals surface area contributed by atoms with Gasteiger partial charge in [0.05, 0.1) is 7.11 Å². The number of alkyl halides is 1. The monoisotopic (exact) mass is 285 g/mol. The predicted octanol–water partition coefficient (Wildman–Crippen LogP) is 2.01. The van der Waals surface area contributed by atoms with E-state index in [4.69, 9.17) is 4.74 Å². The first kappa shape index (κ1) is 11.6. The highest BCUT2D eigenvalue weighted by Crippen LogP contribution is 2.23. The molecule has 1 aromatic rings. The summed E-state index contributed by atoms with van der Waals surface area (Å²) in [5.74, 6) is 2.14. The summed E-state index contributed by atoms with van der Waals surface area (Å²) in [6.07, 6.45) is 1.20. The van der Waals surface area contributed by atoms with Crippen LogP contribution in [-0.2, 0) is 0 Å². The van der Waals surface area contributed by atoms with Crippen molar-refractivity contribution in [2.75, 3.05) is 30.4 Å². The average Bonchev–Trinajstić information content (AvgIpc) is 2.76. The first-order chi connectivity index (χ1) is 7.72. The van der Waals surface area contributed by atoms with Crippen LogP contribution in [0.3, 0.4) is 0 Å². The van der Waals surface area contributed by atoms with Crippen molar-refractivity contribution in [1.29, 1.82) is 0 Å². The van der Waals surface area contributed by atoms with Crippen molar-refractivity contribution in [3.63, 3.8) is 0 Å². The first-order valence-corrected chi connectivity index (χ1v) is 6.55. The zero-order valence-electron chi connectivity index (χ0n) is 9.61. The smallest absolute Gasteiger partial charge is 0.228 e. The summed E-state index contributed by atoms with van der Waals surface area (Å²) in [6.45, 7) is 4.02. The molecule has 16 heavy (non-hydrogen) atoms. The lowest BCUT2D eigenvalue weighted by Crippen LogP contribution is -2.22. The summed E-state index contributed by atoms with van der Waals surface area (Å²) in [5.41, 5.74) is 0.948. The summed E-state index contributed by atoms with van der Waals surface area (Å²) < 4.78 is 5.16. The fourth-order valence-corrected chi connectivity index (χ4v) is 2.44. The van der Waals surface area contributed by atoms with E-state index in [1.165, 1.54) is 6.42 Å². The van der Waals surface area contributed by atoms with E-state index in [0.717, 1.165) is 30.1 Å². The number of nitrogens with zero attached hydrogens (tertiary/aromatic N) is 3. The summed E-state index contributed by atoms with van der Waals surface area (Å²) in [5, 5.41) is 1.05. The number of hydrogen-bond donors (Lipinski definition) is 0. The van der Waals surface area contributed by atoms with Gasteiger partial charge in [0.25, 0.3) is 0 Å². The molecule has 1 aliphatic heterocycles. The Hall–Kier alpha value is -0.840. The van der Waals surface area contributed by atoms with Crippen molar-refractivity contribution < 1.29 is 4.74 Å². The van der Waals surface area contributed by atoms with Gasteiger partial charge in [-0.3, -0.25) is 0 Å². The summed E-state index contributed by atoms with van der Waals surface area (Å²) in [7, 11) is 1.64. The molecule has 1 saturated heterocycles. The molecule has 88 valence electrons. The Labute approximate surface area is 104 Å². The zero-order chi connectivity index (χ0) is 11.5. The Bertz CT molecular complexity index is 372. The quantitative estimate of drug-likeness (QED) is 0.797. The molecule has 5 heteroatoms. The minimum absolute atomic E-state index is 0.643. The minimum atomic E-state index is 0.643. The number of ether oxygens (including phenoxy) is 1. The van der Waals surface area contributed by atoms with Crippen LogP contribution in [0.25, 0.3) is 0 Å². The van der Waals surface area contributed by atoms with Gasteiger partial charge in [0.1, 0.15) is 0 Å². The summed E-state index contributed by atoms with van der Waals surface area (Å²) in [6, 6.07) is 1.85. The maximum Gasteiger partial charge on any atom is 0.228 e. The highest BCUT2D eigenvalue weighted by Gasteiger charge is 2.23. The van der Waals surface area contributed by atoms with Gasteiger partial charge in [0.15, 0.2) is 0 Å². The average molecular weight is 286 g/mol. The Morgan fingerprint density at radius 2 is 2.38 bits per heavy atom. The number of halogens is 1. The Kier molecular flexibility index (Phi) is 3.63. The van der Waals surface area contributed by atoms with Crippen LogP contribution in [0.2, 0.25) is 0 Å². The fraction of sp³-hybridized carbons (Fsp3) is 0.636. The normalized spacial score (nSPS) is 20.2. The number of anilines is 1. The van der Waals surface area contributed by atoms with Crippen LogP contribution >= 0.6 is 15.9 Å². The second-order valence-corrected chi connectivity index (χ2v) is 4.75. The van der Waals surface area contributed by atoms with Crippen LogP contribution in [0.1, 0.15) is 12.1 Å². The minimum Gasteiger partial charge on any atom is -0.481 e. The van der Waals surface area contributed by atoms with Crippen molar-refractivity contribution >= 4 is 21.9 Å². The third kappa shape index (κ3) is 2.45. The van der Waals surface area contributed by atoms with Crippen molar-refractivity contribution in [1.82, 2.24) is 9.97 Å². The van der Waals surface area contributed by atoms with Gasteiger partial charge in [-0.15, -0.1) is 0 Å². The number of hydrogen-bond acceptors (Lipinski definition) is 4. The largest absolute Gasteiger partial charge is 0.481 e. The molecule has 1 fully saturated rings. The SMILES string of the molecule is COc1cc(C)nc(N2CCC(CBr)C2)n1. The van der Waals surface area contributed by atoms with Gasteiger partial charge in [0, 0.05) is 30.2 Å². The second-order valence-electron chi connectivity index (χ2n) is 4.11. The molecule has 0 bridgehead atoms. The van der Waals surface area contributed by atoms with E-state index in [9.17, 15) is 0 Å². The molecule has 1 atom stereocenters. The van der Waals surface area contributed by atoms with Crippen LogP contribution in [0.5, 0.6) is 5.88 Å². The number of aryl methyl sites for hydroxylation is 1. The van der Waals surface area contributed by atoms with Crippen molar-refractivity contribution in [3.8, 4) is 5.88 Å². The zero-order valence-corrected chi connectivity index (χ0v) is 11.2. The number of aromatic nitrogens is 2. The molecule has 2 heterocycles. The van der Waals surface area contributed by atoms with Crippen molar-refractivity contribution in [2.24, 2.45) is 5.92 Å². The standard InChI is InChI=1S/C11H16BrN3O/c1-8-5-10(16-2)14-11(13-8)15-4-3-9(6-12)7-15/h5,9H,3-4,6-7H2,1-2H3. The van der Waals surface area contributed by atoms with Crippen LogP contribution in [0.15, 0.2) is 6.07 Å². The molecule has 0 spiro atoms. The number of rotatable bonds is 3. The van der Waals surface area contributed by atoms with Crippen LogP contribution in [0, 0.1) is 12.8 Å². The number of methoxy groups -OCH3 is 1. The molecule has 1 unspecified atom stereocenters. The second kappa shape index (κ2) is 4.99. The van der Waals surface area contributed by atoms with Crippen LogP contribution in [-0.4, -0.2) is 35.5 Å². The van der Waals surface area contributed by atoms with E-state index < -0.39 is 0 Å². The molecule has 2 rings (SSSR count). The van der Waals surface area contributed by atoms with Gasteiger partial charge in [-0.1, -0.05) is 15.9 Å². The third-order valence-corrected chi connectivity index (χ3v) is 3.73. The molecule has 1 aromatic heterocycles. The Morgan fingerprint density at radius 1 is 1.56 bits per heavy atom. The topological polar surface area (TPSA) is 38.2 Å². The van der Waals surface area contributed by atoms with Gasteiger partial charge in [-0.25, -0.2) is 4.98 Å². The van der Waals surface area contributed by atoms with E-state index in [1.54, 1.807) is 7.11 Å². The molecule has 0 radical (unpaired) electrons. The summed E-state index contributed by atoms with van der Waals surface area (Å²) >= 11 is 3.53. The molecule has 0 amide bonds. The Morgan fingerprint density at radius 3 is 3.00 bits per heavy atom. The lowest BCUT2D eigenvalue weighted by Gasteiger charge is -2.16. The van der Waals surface area contributed by atoms with Gasteiger partial charge in [-0.2, -0.15) is 4.98 Å². The molecular formula is C11H16BrN3O. The van der Waals surface area contributed by atoms with Gasteiger partial charge in [0.2, 0.25) is 11.8 Å². The molecule has 1 aliphatic rings. The molecular weight excluding hydrogens is 270 g/mol. The van der Waals surface area contributed by atoms with E-state index in [-0.39, 0.29) is 0 Å². The summed E-state index contributed by atoms with van der Waals surface area (Å²) in [4.78, 5) is 11.1. The van der Waals surface area contributed by atoms with Gasteiger partial charge in [-0.05, 0) is 19.3 Å². The van der Waals surface area contributed by atoms with Crippen molar-refractivity contribution in [3.05, 3.63) is 11.8 Å². The maximum atomic E-state index is 5.16. The van der Waals surface area contributed by atoms with Gasteiger partial charge < -0.3 is 9.64 Å². The molecule has 0 saturated carbocycles. The third-order valence-electron chi connectivity index (χ3n) is 2.81. The lowest BCUT2D eigenvalue weighted by molar-refractivity contribution is 0.396. The lowest BCUT2D eigenvalue weighted by atomic mass is 10.2. The molecule has 0 N–H and O–H groups in total. The van der Waals surface area contributed by atoms with E-state index >= 15 is 0 Å². The van der Waals surface area contributed by atoms with Crippen LogP contribution < -0.4 is 9.64 Å². The highest BCUT2D eigenvalue weighted by atomic mass is 79.9.